The van der Waals surface area contributed by atoms with E-state index in [0.29, 0.717) is 17.5 Å². The number of thiophene rings is 1. The molecule has 0 aliphatic rings. The molecule has 0 amide bonds. The van der Waals surface area contributed by atoms with Gasteiger partial charge in [-0.25, -0.2) is 15.0 Å². The second-order valence-corrected chi connectivity index (χ2v) is 14.3. The van der Waals surface area contributed by atoms with Gasteiger partial charge in [-0.05, 0) is 63.7 Å². The highest BCUT2D eigenvalue weighted by molar-refractivity contribution is 7.25. The van der Waals surface area contributed by atoms with Crippen LogP contribution in [-0.4, -0.2) is 15.0 Å². The summed E-state index contributed by atoms with van der Waals surface area (Å²) in [6.45, 7) is 0. The van der Waals surface area contributed by atoms with E-state index < -0.39 is 0 Å². The molecule has 11 aromatic rings. The van der Waals surface area contributed by atoms with Crippen LogP contribution in [0.3, 0.4) is 0 Å². The van der Waals surface area contributed by atoms with Gasteiger partial charge in [0.15, 0.2) is 17.5 Å². The van der Waals surface area contributed by atoms with E-state index in [-0.39, 0.29) is 0 Å². The molecule has 0 aliphatic heterocycles. The van der Waals surface area contributed by atoms with Crippen LogP contribution in [0.5, 0.6) is 0 Å². The molecule has 0 saturated heterocycles. The Labute approximate surface area is 302 Å². The minimum Gasteiger partial charge on any atom is -0.455 e. The van der Waals surface area contributed by atoms with Gasteiger partial charge in [-0.3, -0.25) is 0 Å². The lowest BCUT2D eigenvalue weighted by molar-refractivity contribution is 0.672. The zero-order valence-electron chi connectivity index (χ0n) is 27.7. The van der Waals surface area contributed by atoms with Gasteiger partial charge < -0.3 is 4.42 Å². The van der Waals surface area contributed by atoms with E-state index in [0.717, 1.165) is 60.2 Å². The maximum Gasteiger partial charge on any atom is 0.164 e. The highest BCUT2D eigenvalue weighted by Gasteiger charge is 2.19. The Kier molecular flexibility index (Phi) is 6.39. The van der Waals surface area contributed by atoms with Crippen molar-refractivity contribution in [3.8, 4) is 45.3 Å². The molecular formula is C47H27N3OS. The van der Waals surface area contributed by atoms with E-state index in [1.165, 1.54) is 31.3 Å². The van der Waals surface area contributed by atoms with E-state index in [1.54, 1.807) is 11.3 Å². The molecule has 11 rings (SSSR count). The molecule has 0 radical (unpaired) electrons. The molecule has 0 bridgehead atoms. The maximum atomic E-state index is 6.60. The fraction of sp³-hybridized carbons (Fsp3) is 0. The van der Waals surface area contributed by atoms with Gasteiger partial charge >= 0.3 is 0 Å². The summed E-state index contributed by atoms with van der Waals surface area (Å²) in [4.78, 5) is 15.5. The molecule has 0 fully saturated rings. The van der Waals surface area contributed by atoms with Crippen LogP contribution in [0.2, 0.25) is 0 Å². The number of nitrogens with zero attached hydrogens (tertiary/aromatic N) is 3. The minimum absolute atomic E-state index is 0.615. The average Bonchev–Trinajstić information content (AvgIpc) is 3.78. The van der Waals surface area contributed by atoms with E-state index in [9.17, 15) is 0 Å². The summed E-state index contributed by atoms with van der Waals surface area (Å²) < 4.78 is 9.07. The predicted octanol–water partition coefficient (Wildman–Crippen LogP) is 13.1. The molecule has 3 aromatic heterocycles. The first-order valence-electron chi connectivity index (χ1n) is 17.3. The molecule has 0 saturated carbocycles. The van der Waals surface area contributed by atoms with Gasteiger partial charge in [0.2, 0.25) is 0 Å². The highest BCUT2D eigenvalue weighted by Crippen LogP contribution is 2.41. The number of hydrogen-bond donors (Lipinski definition) is 0. The van der Waals surface area contributed by atoms with Crippen molar-refractivity contribution in [2.24, 2.45) is 0 Å². The summed E-state index contributed by atoms with van der Waals surface area (Å²) in [5.41, 5.74) is 6.88. The highest BCUT2D eigenvalue weighted by atomic mass is 32.1. The number of rotatable bonds is 4. The second-order valence-electron chi connectivity index (χ2n) is 13.2. The lowest BCUT2D eigenvalue weighted by Crippen LogP contribution is -2.00. The number of aromatic nitrogens is 3. The van der Waals surface area contributed by atoms with Crippen LogP contribution in [0.25, 0.3) is 109 Å². The largest absolute Gasteiger partial charge is 0.455 e. The standard InChI is InChI=1S/C47H27N3OS/c1-2-11-29(12-3-1)38-27-40-39-25-30(22-24-41(39)51-44(40)36-18-7-6-16-33(36)38)45-48-46(31-21-23-35-34-17-8-9-20-42(34)52-43(35)26-31)50-47(49-45)37-19-10-14-28-13-4-5-15-32(28)37/h1-27H. The van der Waals surface area contributed by atoms with Gasteiger partial charge in [-0.15, -0.1) is 11.3 Å². The Morgan fingerprint density at radius 2 is 1.02 bits per heavy atom. The third-order valence-electron chi connectivity index (χ3n) is 10.1. The zero-order chi connectivity index (χ0) is 34.2. The molecule has 52 heavy (non-hydrogen) atoms. The average molecular weight is 682 g/mol. The summed E-state index contributed by atoms with van der Waals surface area (Å²) in [6.07, 6.45) is 0. The van der Waals surface area contributed by atoms with Crippen molar-refractivity contribution >= 4 is 75.0 Å². The Morgan fingerprint density at radius 3 is 1.88 bits per heavy atom. The molecule has 0 atom stereocenters. The Morgan fingerprint density at radius 1 is 0.365 bits per heavy atom. The number of furan rings is 1. The van der Waals surface area contributed by atoms with Crippen molar-refractivity contribution in [1.29, 1.82) is 0 Å². The van der Waals surface area contributed by atoms with Gasteiger partial charge in [0, 0.05) is 53.0 Å². The third-order valence-corrected chi connectivity index (χ3v) is 11.3. The van der Waals surface area contributed by atoms with E-state index >= 15 is 0 Å². The van der Waals surface area contributed by atoms with Crippen molar-refractivity contribution < 1.29 is 4.42 Å². The Bertz CT molecular complexity index is 3190. The van der Waals surface area contributed by atoms with Crippen molar-refractivity contribution in [3.05, 3.63) is 164 Å². The first-order chi connectivity index (χ1) is 25.7. The number of fused-ring (bicyclic) bond motifs is 9. The van der Waals surface area contributed by atoms with Crippen LogP contribution in [0.15, 0.2) is 168 Å². The maximum absolute atomic E-state index is 6.60. The second kappa shape index (κ2) is 11.4. The van der Waals surface area contributed by atoms with Crippen LogP contribution in [-0.2, 0) is 0 Å². The van der Waals surface area contributed by atoms with Crippen molar-refractivity contribution in [2.45, 2.75) is 0 Å². The molecule has 0 aliphatic carbocycles. The summed E-state index contributed by atoms with van der Waals surface area (Å²) >= 11 is 1.80. The van der Waals surface area contributed by atoms with Gasteiger partial charge in [0.1, 0.15) is 11.2 Å². The first-order valence-corrected chi connectivity index (χ1v) is 18.2. The fourth-order valence-corrected chi connectivity index (χ4v) is 8.78. The molecule has 8 aromatic carbocycles. The normalized spacial score (nSPS) is 11.8. The quantitative estimate of drug-likeness (QED) is 0.185. The summed E-state index contributed by atoms with van der Waals surface area (Å²) in [5, 5.41) is 9.10. The lowest BCUT2D eigenvalue weighted by atomic mass is 9.95. The lowest BCUT2D eigenvalue weighted by Gasteiger charge is -2.10. The fourth-order valence-electron chi connectivity index (χ4n) is 7.63. The van der Waals surface area contributed by atoms with Crippen LogP contribution in [0, 0.1) is 0 Å². The van der Waals surface area contributed by atoms with Gasteiger partial charge in [-0.1, -0.05) is 127 Å². The van der Waals surface area contributed by atoms with E-state index in [4.69, 9.17) is 19.4 Å². The molecular weight excluding hydrogens is 655 g/mol. The van der Waals surface area contributed by atoms with Gasteiger partial charge in [0.25, 0.3) is 0 Å². The van der Waals surface area contributed by atoms with Crippen LogP contribution in [0.4, 0.5) is 0 Å². The van der Waals surface area contributed by atoms with Crippen LogP contribution >= 0.6 is 11.3 Å². The van der Waals surface area contributed by atoms with Gasteiger partial charge in [0.05, 0.1) is 0 Å². The molecule has 242 valence electrons. The summed E-state index contributed by atoms with van der Waals surface area (Å²) in [5.74, 6) is 1.90. The summed E-state index contributed by atoms with van der Waals surface area (Å²) in [7, 11) is 0. The smallest absolute Gasteiger partial charge is 0.164 e. The van der Waals surface area contributed by atoms with Crippen molar-refractivity contribution in [3.63, 3.8) is 0 Å². The number of hydrogen-bond acceptors (Lipinski definition) is 5. The monoisotopic (exact) mass is 681 g/mol. The molecule has 5 heteroatoms. The minimum atomic E-state index is 0.615. The Hall–Kier alpha value is -6.69. The van der Waals surface area contributed by atoms with Crippen LogP contribution in [0.1, 0.15) is 0 Å². The molecule has 0 N–H and O–H groups in total. The van der Waals surface area contributed by atoms with Gasteiger partial charge in [-0.2, -0.15) is 0 Å². The first kappa shape index (κ1) is 29.1. The Balaban J connectivity index is 1.15. The zero-order valence-corrected chi connectivity index (χ0v) is 28.6. The predicted molar refractivity (Wildman–Crippen MR) is 217 cm³/mol. The van der Waals surface area contributed by atoms with E-state index in [2.05, 4.69) is 158 Å². The topological polar surface area (TPSA) is 51.8 Å². The molecule has 0 spiro atoms. The summed E-state index contributed by atoms with van der Waals surface area (Å²) in [6, 6.07) is 57.4. The van der Waals surface area contributed by atoms with Crippen LogP contribution < -0.4 is 0 Å². The van der Waals surface area contributed by atoms with E-state index in [1.807, 2.05) is 6.07 Å². The van der Waals surface area contributed by atoms with Crippen molar-refractivity contribution in [2.75, 3.05) is 0 Å². The molecule has 4 nitrogen and oxygen atoms in total. The number of benzene rings is 8. The SMILES string of the molecule is c1ccc(-c2cc3c4cc(-c5nc(-c6ccc7c(c6)sc6ccccc67)nc(-c6cccc7ccccc67)n5)ccc4oc3c3ccccc23)cc1. The molecule has 3 heterocycles. The van der Waals surface area contributed by atoms with Crippen molar-refractivity contribution in [1.82, 2.24) is 15.0 Å². The third kappa shape index (κ3) is 4.57. The molecule has 0 unspecified atom stereocenters.